The number of ether oxygens (including phenoxy) is 2. The first-order valence-electron chi connectivity index (χ1n) is 9.52. The average molecular weight is 397 g/mol. The van der Waals surface area contributed by atoms with Crippen molar-refractivity contribution in [2.75, 3.05) is 31.8 Å². The number of amides is 2. The predicted octanol–water partition coefficient (Wildman–Crippen LogP) is 2.37. The van der Waals surface area contributed by atoms with Crippen molar-refractivity contribution in [3.05, 3.63) is 53.3 Å². The zero-order valence-corrected chi connectivity index (χ0v) is 15.9. The number of nitrogens with zero attached hydrogens (tertiary/aromatic N) is 2. The Morgan fingerprint density at radius 1 is 1.10 bits per heavy atom. The van der Waals surface area contributed by atoms with Crippen LogP contribution in [0.2, 0.25) is 0 Å². The van der Waals surface area contributed by atoms with Gasteiger partial charge in [-0.05, 0) is 36.4 Å². The molecule has 29 heavy (non-hydrogen) atoms. The fourth-order valence-corrected chi connectivity index (χ4v) is 4.33. The first-order chi connectivity index (χ1) is 14.0. The van der Waals surface area contributed by atoms with E-state index in [9.17, 15) is 14.0 Å². The fraction of sp³-hybridized carbons (Fsp3) is 0.333. The van der Waals surface area contributed by atoms with E-state index in [1.807, 2.05) is 11.9 Å². The van der Waals surface area contributed by atoms with Gasteiger partial charge in [-0.1, -0.05) is 0 Å². The number of piperidine rings is 1. The number of fused-ring (bicyclic) bond motifs is 2. The molecule has 3 aliphatic rings. The van der Waals surface area contributed by atoms with Gasteiger partial charge in [0.1, 0.15) is 11.5 Å². The van der Waals surface area contributed by atoms with Crippen LogP contribution in [0.1, 0.15) is 33.6 Å². The number of hydrogen-bond donors (Lipinski definition) is 1. The predicted molar refractivity (Wildman–Crippen MR) is 103 cm³/mol. The Bertz CT molecular complexity index is 1020. The van der Waals surface area contributed by atoms with E-state index in [1.54, 1.807) is 29.2 Å². The van der Waals surface area contributed by atoms with Crippen LogP contribution in [-0.2, 0) is 0 Å². The number of carbonyl (C=O) groups is 2. The van der Waals surface area contributed by atoms with Crippen molar-refractivity contribution in [2.24, 2.45) is 0 Å². The first kappa shape index (κ1) is 17.8. The maximum absolute atomic E-state index is 13.6. The lowest BCUT2D eigenvalue weighted by molar-refractivity contribution is 0.0608. The van der Waals surface area contributed by atoms with Gasteiger partial charge in [0, 0.05) is 38.5 Å². The Morgan fingerprint density at radius 3 is 2.66 bits per heavy atom. The molecule has 0 radical (unpaired) electrons. The van der Waals surface area contributed by atoms with Gasteiger partial charge in [-0.3, -0.25) is 9.59 Å². The summed E-state index contributed by atoms with van der Waals surface area (Å²) >= 11 is 0. The van der Waals surface area contributed by atoms with Gasteiger partial charge >= 0.3 is 0 Å². The van der Waals surface area contributed by atoms with Gasteiger partial charge in [-0.15, -0.1) is 0 Å². The molecule has 2 aromatic rings. The van der Waals surface area contributed by atoms with E-state index in [1.165, 1.54) is 12.1 Å². The third-order valence-corrected chi connectivity index (χ3v) is 6.05. The second-order valence-electron chi connectivity index (χ2n) is 7.57. The largest absolute Gasteiger partial charge is 0.454 e. The van der Waals surface area contributed by atoms with Crippen molar-refractivity contribution in [2.45, 2.75) is 18.5 Å². The van der Waals surface area contributed by atoms with Gasteiger partial charge in [0.05, 0.1) is 11.3 Å². The highest BCUT2D eigenvalue weighted by atomic mass is 19.1. The zero-order valence-electron chi connectivity index (χ0n) is 15.9. The molecule has 1 saturated heterocycles. The number of carbonyl (C=O) groups excluding carboxylic acids is 2. The molecule has 2 aromatic carbocycles. The van der Waals surface area contributed by atoms with E-state index >= 15 is 0 Å². The number of hydrogen-bond acceptors (Lipinski definition) is 5. The Labute approximate surface area is 167 Å². The third kappa shape index (κ3) is 2.78. The topological polar surface area (TPSA) is 71.1 Å². The summed E-state index contributed by atoms with van der Waals surface area (Å²) in [4.78, 5) is 29.3. The Morgan fingerprint density at radius 2 is 1.86 bits per heavy atom. The normalized spacial score (nSPS) is 19.2. The van der Waals surface area contributed by atoms with Gasteiger partial charge in [0.25, 0.3) is 11.8 Å². The monoisotopic (exact) mass is 397 g/mol. The van der Waals surface area contributed by atoms with Crippen LogP contribution < -0.4 is 19.7 Å². The van der Waals surface area contributed by atoms with Crippen LogP contribution in [0.5, 0.6) is 11.5 Å². The smallest absolute Gasteiger partial charge is 0.255 e. The van der Waals surface area contributed by atoms with Crippen molar-refractivity contribution in [3.63, 3.8) is 0 Å². The van der Waals surface area contributed by atoms with Gasteiger partial charge in [-0.25, -0.2) is 4.39 Å². The van der Waals surface area contributed by atoms with E-state index in [4.69, 9.17) is 9.47 Å². The molecule has 0 aromatic heterocycles. The number of nitrogens with one attached hydrogen (secondary N) is 1. The molecule has 0 bridgehead atoms. The molecule has 0 aliphatic carbocycles. The highest BCUT2D eigenvalue weighted by molar-refractivity contribution is 6.02. The molecule has 8 heteroatoms. The van der Waals surface area contributed by atoms with E-state index in [-0.39, 0.29) is 18.6 Å². The number of halogens is 1. The molecule has 1 N–H and O–H groups in total. The van der Waals surface area contributed by atoms with E-state index < -0.39 is 11.5 Å². The minimum Gasteiger partial charge on any atom is -0.454 e. The molecule has 0 unspecified atom stereocenters. The lowest BCUT2D eigenvalue weighted by atomic mass is 9.90. The van der Waals surface area contributed by atoms with E-state index in [2.05, 4.69) is 5.32 Å². The Balaban J connectivity index is 1.34. The van der Waals surface area contributed by atoms with Gasteiger partial charge < -0.3 is 24.6 Å². The third-order valence-electron chi connectivity index (χ3n) is 6.05. The van der Waals surface area contributed by atoms with Crippen molar-refractivity contribution in [3.8, 4) is 11.5 Å². The summed E-state index contributed by atoms with van der Waals surface area (Å²) in [5, 5.41) is 3.04. The zero-order chi connectivity index (χ0) is 20.2. The molecule has 1 spiro atoms. The molecule has 1 fully saturated rings. The van der Waals surface area contributed by atoms with Gasteiger partial charge in [0.2, 0.25) is 6.79 Å². The number of rotatable bonds is 1. The molecule has 150 valence electrons. The number of anilines is 1. The summed E-state index contributed by atoms with van der Waals surface area (Å²) in [5.41, 5.74) is 0.989. The average Bonchev–Trinajstić information content (AvgIpc) is 3.20. The number of likely N-dealkylation sites (tertiary alicyclic amines) is 1. The van der Waals surface area contributed by atoms with Crippen molar-refractivity contribution < 1.29 is 23.5 Å². The van der Waals surface area contributed by atoms with Crippen molar-refractivity contribution >= 4 is 17.5 Å². The highest BCUT2D eigenvalue weighted by Crippen LogP contribution is 2.37. The lowest BCUT2D eigenvalue weighted by Gasteiger charge is -2.51. The fourth-order valence-electron chi connectivity index (χ4n) is 4.33. The molecule has 0 saturated carbocycles. The Kier molecular flexibility index (Phi) is 3.90. The second kappa shape index (κ2) is 6.37. The standard InChI is InChI=1S/C21H20FN3O4/c1-24-16-4-3-14(22)11-15(16)19(26)23-21(24)6-8-25(9-7-21)20(27)13-2-5-17-18(10-13)29-12-28-17/h2-5,10-11H,6-9,12H2,1H3,(H,23,26). The molecule has 0 atom stereocenters. The van der Waals surface area contributed by atoms with Crippen LogP contribution >= 0.6 is 0 Å². The molecule has 7 nitrogen and oxygen atoms in total. The van der Waals surface area contributed by atoms with Crippen LogP contribution in [0, 0.1) is 5.82 Å². The summed E-state index contributed by atoms with van der Waals surface area (Å²) in [6, 6.07) is 9.43. The lowest BCUT2D eigenvalue weighted by Crippen LogP contribution is -2.67. The maximum Gasteiger partial charge on any atom is 0.255 e. The highest BCUT2D eigenvalue weighted by Gasteiger charge is 2.45. The minimum absolute atomic E-state index is 0.0783. The van der Waals surface area contributed by atoms with Crippen LogP contribution in [0.25, 0.3) is 0 Å². The molecule has 2 amide bonds. The molecule has 3 heterocycles. The summed E-state index contributed by atoms with van der Waals surface area (Å²) in [5.74, 6) is 0.416. The van der Waals surface area contributed by atoms with E-state index in [0.29, 0.717) is 54.2 Å². The van der Waals surface area contributed by atoms with Gasteiger partial charge in [0.15, 0.2) is 11.5 Å². The van der Waals surface area contributed by atoms with Crippen LogP contribution in [0.3, 0.4) is 0 Å². The van der Waals surface area contributed by atoms with Crippen LogP contribution in [-0.4, -0.2) is 49.3 Å². The summed E-state index contributed by atoms with van der Waals surface area (Å²) in [6.45, 7) is 1.15. The summed E-state index contributed by atoms with van der Waals surface area (Å²) in [7, 11) is 1.89. The minimum atomic E-state index is -0.590. The quantitative estimate of drug-likeness (QED) is 0.800. The molecule has 3 aliphatic heterocycles. The Hall–Kier alpha value is -3.29. The number of benzene rings is 2. The maximum atomic E-state index is 13.6. The summed E-state index contributed by atoms with van der Waals surface area (Å²) < 4.78 is 24.2. The van der Waals surface area contributed by atoms with Gasteiger partial charge in [-0.2, -0.15) is 0 Å². The van der Waals surface area contributed by atoms with Crippen LogP contribution in [0.15, 0.2) is 36.4 Å². The molecular formula is C21H20FN3O4. The molecule has 5 rings (SSSR count). The summed E-state index contributed by atoms with van der Waals surface area (Å²) in [6.07, 6.45) is 1.14. The SMILES string of the molecule is CN1c2ccc(F)cc2C(=O)NC12CCN(C(=O)c1ccc3c(c1)OCO3)CC2. The molecular weight excluding hydrogens is 377 g/mol. The van der Waals surface area contributed by atoms with E-state index in [0.717, 1.165) is 0 Å². The van der Waals surface area contributed by atoms with Crippen LogP contribution in [0.4, 0.5) is 10.1 Å². The first-order valence-corrected chi connectivity index (χ1v) is 9.52. The second-order valence-corrected chi connectivity index (χ2v) is 7.57. The van der Waals surface area contributed by atoms with Crippen molar-refractivity contribution in [1.82, 2.24) is 10.2 Å². The van der Waals surface area contributed by atoms with Crippen molar-refractivity contribution in [1.29, 1.82) is 0 Å².